The molecule has 0 N–H and O–H groups in total. The van der Waals surface area contributed by atoms with Gasteiger partial charge in [-0.1, -0.05) is 107 Å². The normalized spacial score (nSPS) is 12.2. The van der Waals surface area contributed by atoms with E-state index in [-0.39, 0.29) is 0 Å². The van der Waals surface area contributed by atoms with Gasteiger partial charge in [-0.15, -0.1) is 0 Å². The molecule has 2 aliphatic rings. The minimum atomic E-state index is -1.25. The average molecular weight is 444 g/mol. The summed E-state index contributed by atoms with van der Waals surface area (Å²) in [5.74, 6) is -2.50. The fourth-order valence-corrected chi connectivity index (χ4v) is 4.43. The zero-order chi connectivity index (χ0) is 23.1. The molecular weight excluding hydrogens is 428 g/mol. The molecule has 6 rings (SSSR count). The van der Waals surface area contributed by atoms with E-state index in [4.69, 9.17) is 9.68 Å². The molecule has 4 aromatic carbocycles. The molecule has 34 heavy (non-hydrogen) atoms. The first kappa shape index (κ1) is 19.8. The van der Waals surface area contributed by atoms with E-state index < -0.39 is 11.9 Å². The van der Waals surface area contributed by atoms with E-state index in [2.05, 4.69) is 10.3 Å². The van der Waals surface area contributed by atoms with Crippen LogP contribution in [0, 0.1) is 0 Å². The highest BCUT2D eigenvalue weighted by Crippen LogP contribution is 2.37. The van der Waals surface area contributed by atoms with E-state index in [0.717, 1.165) is 44.5 Å². The van der Waals surface area contributed by atoms with Crippen molar-refractivity contribution in [3.05, 3.63) is 119 Å². The van der Waals surface area contributed by atoms with Gasteiger partial charge in [-0.3, -0.25) is 0 Å². The van der Waals surface area contributed by atoms with E-state index in [1.54, 1.807) is 0 Å². The predicted molar refractivity (Wildman–Crippen MR) is 127 cm³/mol. The quantitative estimate of drug-likeness (QED) is 0.215. The number of fused-ring (bicyclic) bond motifs is 6. The number of benzene rings is 4. The zero-order valence-electron chi connectivity index (χ0n) is 17.8. The van der Waals surface area contributed by atoms with E-state index >= 15 is 0 Å². The Balaban J connectivity index is 1.24. The first-order valence-electron chi connectivity index (χ1n) is 10.7. The second-order valence-electron chi connectivity index (χ2n) is 7.82. The van der Waals surface area contributed by atoms with Crippen LogP contribution in [0.25, 0.3) is 22.3 Å². The maximum atomic E-state index is 12.3. The second-order valence-corrected chi connectivity index (χ2v) is 7.82. The van der Waals surface area contributed by atoms with Crippen molar-refractivity contribution in [1.82, 2.24) is 0 Å². The van der Waals surface area contributed by atoms with Gasteiger partial charge in [0.15, 0.2) is 0 Å². The molecule has 0 saturated heterocycles. The molecular formula is C28H16N2O4. The summed E-state index contributed by atoms with van der Waals surface area (Å²) < 4.78 is 0. The van der Waals surface area contributed by atoms with Crippen LogP contribution in [-0.4, -0.2) is 23.4 Å². The molecule has 4 aromatic rings. The summed E-state index contributed by atoms with van der Waals surface area (Å²) in [5, 5.41) is 7.99. The maximum Gasteiger partial charge on any atom is 0.445 e. The monoisotopic (exact) mass is 444 g/mol. The lowest BCUT2D eigenvalue weighted by Crippen LogP contribution is -2.18. The van der Waals surface area contributed by atoms with Crippen LogP contribution in [0.1, 0.15) is 22.3 Å². The molecule has 0 atom stereocenters. The SMILES string of the molecule is O=C(ON=C1c2ccccc2-c2ccccc21)C(=O)ON=C1c2ccccc2-c2ccccc21. The van der Waals surface area contributed by atoms with E-state index in [1.807, 2.05) is 97.1 Å². The molecule has 0 spiro atoms. The molecule has 0 radical (unpaired) electrons. The fraction of sp³-hybridized carbons (Fsp3) is 0. The largest absolute Gasteiger partial charge is 0.445 e. The number of rotatable bonds is 2. The third kappa shape index (κ3) is 3.12. The molecule has 0 heterocycles. The van der Waals surface area contributed by atoms with E-state index in [0.29, 0.717) is 11.4 Å². The van der Waals surface area contributed by atoms with Gasteiger partial charge in [0.1, 0.15) is 11.4 Å². The molecule has 2 aliphatic carbocycles. The summed E-state index contributed by atoms with van der Waals surface area (Å²) in [6.45, 7) is 0. The van der Waals surface area contributed by atoms with Crippen LogP contribution in [0.3, 0.4) is 0 Å². The number of carbonyl (C=O) groups excluding carboxylic acids is 2. The fourth-order valence-electron chi connectivity index (χ4n) is 4.43. The van der Waals surface area contributed by atoms with Crippen molar-refractivity contribution in [1.29, 1.82) is 0 Å². The zero-order valence-corrected chi connectivity index (χ0v) is 17.8. The summed E-state index contributed by atoms with van der Waals surface area (Å²) in [7, 11) is 0. The molecule has 162 valence electrons. The van der Waals surface area contributed by atoms with Crippen LogP contribution < -0.4 is 0 Å². The summed E-state index contributed by atoms with van der Waals surface area (Å²) in [6, 6.07) is 30.7. The van der Waals surface area contributed by atoms with Crippen LogP contribution in [0.15, 0.2) is 107 Å². The molecule has 0 aliphatic heterocycles. The number of oxime groups is 2. The van der Waals surface area contributed by atoms with Gasteiger partial charge in [-0.25, -0.2) is 9.59 Å². The summed E-state index contributed by atoms with van der Waals surface area (Å²) in [5.41, 5.74) is 8.21. The highest BCUT2D eigenvalue weighted by atomic mass is 16.7. The van der Waals surface area contributed by atoms with Crippen LogP contribution in [0.5, 0.6) is 0 Å². The molecule has 0 aromatic heterocycles. The molecule has 6 heteroatoms. The van der Waals surface area contributed by atoms with E-state index in [1.165, 1.54) is 0 Å². The Labute approximate surface area is 194 Å². The lowest BCUT2D eigenvalue weighted by molar-refractivity contribution is -0.167. The molecule has 0 fully saturated rings. The second kappa shape index (κ2) is 7.94. The van der Waals surface area contributed by atoms with Crippen molar-refractivity contribution in [3.8, 4) is 22.3 Å². The Morgan fingerprint density at radius 1 is 0.412 bits per heavy atom. The van der Waals surface area contributed by atoms with Gasteiger partial charge in [-0.05, 0) is 22.3 Å². The van der Waals surface area contributed by atoms with Crippen LogP contribution >= 0.6 is 0 Å². The van der Waals surface area contributed by atoms with Crippen molar-refractivity contribution >= 4 is 23.4 Å². The van der Waals surface area contributed by atoms with Gasteiger partial charge in [0.25, 0.3) is 0 Å². The minimum absolute atomic E-state index is 0.484. The van der Waals surface area contributed by atoms with Crippen LogP contribution in [-0.2, 0) is 19.3 Å². The van der Waals surface area contributed by atoms with Gasteiger partial charge < -0.3 is 9.68 Å². The van der Waals surface area contributed by atoms with E-state index in [9.17, 15) is 9.59 Å². The van der Waals surface area contributed by atoms with Gasteiger partial charge in [-0.2, -0.15) is 0 Å². The van der Waals surface area contributed by atoms with Crippen molar-refractivity contribution < 1.29 is 19.3 Å². The number of nitrogens with zero attached hydrogens (tertiary/aromatic N) is 2. The molecule has 0 saturated carbocycles. The minimum Gasteiger partial charge on any atom is -0.305 e. The summed E-state index contributed by atoms with van der Waals surface area (Å²) >= 11 is 0. The Hall–Kier alpha value is -4.84. The highest BCUT2D eigenvalue weighted by molar-refractivity contribution is 6.31. The topological polar surface area (TPSA) is 77.3 Å². The third-order valence-electron chi connectivity index (χ3n) is 5.92. The summed E-state index contributed by atoms with van der Waals surface area (Å²) in [6.07, 6.45) is 0. The van der Waals surface area contributed by atoms with Gasteiger partial charge in [0.05, 0.1) is 0 Å². The number of hydrogen-bond donors (Lipinski definition) is 0. The standard InChI is InChI=1S/C28H16N2O4/c31-27(33-29-25-21-13-5-1-9-17(21)18-10-2-6-14-22(18)25)28(32)34-30-26-23-15-7-3-11-19(23)20-12-4-8-16-24(20)26/h1-16H. The molecule has 0 amide bonds. The molecule has 0 unspecified atom stereocenters. The summed E-state index contributed by atoms with van der Waals surface area (Å²) in [4.78, 5) is 34.6. The lowest BCUT2D eigenvalue weighted by Gasteiger charge is -2.02. The predicted octanol–water partition coefficient (Wildman–Crippen LogP) is 4.94. The van der Waals surface area contributed by atoms with Gasteiger partial charge in [0.2, 0.25) is 0 Å². The average Bonchev–Trinajstić information content (AvgIpc) is 3.38. The van der Waals surface area contributed by atoms with Crippen molar-refractivity contribution in [2.45, 2.75) is 0 Å². The lowest BCUT2D eigenvalue weighted by atomic mass is 10.1. The highest BCUT2D eigenvalue weighted by Gasteiger charge is 2.28. The van der Waals surface area contributed by atoms with Crippen molar-refractivity contribution in [3.63, 3.8) is 0 Å². The smallest absolute Gasteiger partial charge is 0.305 e. The number of carbonyl (C=O) groups is 2. The van der Waals surface area contributed by atoms with Crippen LogP contribution in [0.4, 0.5) is 0 Å². The first-order valence-corrected chi connectivity index (χ1v) is 10.7. The van der Waals surface area contributed by atoms with Crippen molar-refractivity contribution in [2.75, 3.05) is 0 Å². The van der Waals surface area contributed by atoms with Crippen LogP contribution in [0.2, 0.25) is 0 Å². The third-order valence-corrected chi connectivity index (χ3v) is 5.92. The number of hydrogen-bond acceptors (Lipinski definition) is 6. The Morgan fingerprint density at radius 3 is 0.912 bits per heavy atom. The first-order chi connectivity index (χ1) is 16.7. The maximum absolute atomic E-state index is 12.3. The Kier molecular flexibility index (Phi) is 4.63. The molecule has 6 nitrogen and oxygen atoms in total. The Morgan fingerprint density at radius 2 is 0.647 bits per heavy atom. The van der Waals surface area contributed by atoms with Gasteiger partial charge in [0, 0.05) is 22.3 Å². The van der Waals surface area contributed by atoms with Crippen molar-refractivity contribution in [2.24, 2.45) is 10.3 Å². The van der Waals surface area contributed by atoms with Gasteiger partial charge >= 0.3 is 11.9 Å². The molecule has 0 bridgehead atoms. The Bertz CT molecular complexity index is 1340.